The topological polar surface area (TPSA) is 56.8 Å². The lowest BCUT2D eigenvalue weighted by atomic mass is 10.2. The zero-order chi connectivity index (χ0) is 16.4. The minimum atomic E-state index is -3.60. The molecule has 23 heavy (non-hydrogen) atoms. The number of carbonyl (C=O) groups is 2. The number of halogens is 2. The molecule has 2 aliphatic heterocycles. The maximum Gasteiger partial charge on any atom is 0.375 e. The Hall–Kier alpha value is -1.77. The zero-order valence-electron chi connectivity index (χ0n) is 12.6. The van der Waals surface area contributed by atoms with Gasteiger partial charge in [0, 0.05) is 50.8 Å². The fourth-order valence-electron chi connectivity index (χ4n) is 2.88. The van der Waals surface area contributed by atoms with Crippen molar-refractivity contribution in [1.82, 2.24) is 19.7 Å². The van der Waals surface area contributed by atoms with E-state index >= 15 is 0 Å². The Bertz CT molecular complexity index is 567. The van der Waals surface area contributed by atoms with Crippen LogP contribution in [0.2, 0.25) is 0 Å². The molecule has 0 spiro atoms. The summed E-state index contributed by atoms with van der Waals surface area (Å²) in [4.78, 5) is 32.4. The highest BCUT2D eigenvalue weighted by Gasteiger charge is 2.47. The lowest BCUT2D eigenvalue weighted by Crippen LogP contribution is -2.55. The van der Waals surface area contributed by atoms with E-state index in [0.29, 0.717) is 0 Å². The zero-order valence-corrected chi connectivity index (χ0v) is 13.4. The van der Waals surface area contributed by atoms with Crippen LogP contribution in [0.1, 0.15) is 17.8 Å². The minimum absolute atomic E-state index is 0.0544. The van der Waals surface area contributed by atoms with Gasteiger partial charge in [0.05, 0.1) is 0 Å². The van der Waals surface area contributed by atoms with Gasteiger partial charge in [-0.2, -0.15) is 8.78 Å². The van der Waals surface area contributed by atoms with Crippen molar-refractivity contribution < 1.29 is 18.4 Å². The van der Waals surface area contributed by atoms with Crippen LogP contribution in [-0.4, -0.2) is 70.9 Å². The van der Waals surface area contributed by atoms with Crippen molar-refractivity contribution in [2.24, 2.45) is 0 Å². The van der Waals surface area contributed by atoms with E-state index in [1.165, 1.54) is 11.6 Å². The van der Waals surface area contributed by atoms with Crippen LogP contribution < -0.4 is 0 Å². The number of hydrogen-bond donors (Lipinski definition) is 0. The summed E-state index contributed by atoms with van der Waals surface area (Å²) >= 11 is 0.765. The summed E-state index contributed by atoms with van der Waals surface area (Å²) in [5.74, 6) is -4.84. The maximum atomic E-state index is 14.1. The van der Waals surface area contributed by atoms with Gasteiger partial charge in [0.2, 0.25) is 0 Å². The molecule has 0 radical (unpaired) electrons. The van der Waals surface area contributed by atoms with Crippen molar-refractivity contribution in [1.29, 1.82) is 0 Å². The number of aromatic nitrogens is 1. The van der Waals surface area contributed by atoms with Gasteiger partial charge >= 0.3 is 17.9 Å². The summed E-state index contributed by atoms with van der Waals surface area (Å²) in [6.07, 6.45) is 3.27. The van der Waals surface area contributed by atoms with E-state index in [1.807, 2.05) is 0 Å². The van der Waals surface area contributed by atoms with Crippen molar-refractivity contribution in [3.63, 3.8) is 0 Å². The second-order valence-corrected chi connectivity index (χ2v) is 6.56. The standard InChI is InChI=1S/C14H18F2N4O2S/c15-14(16,11-17-3-10-23-11)12(21)18-6-8-20(9-7-18)13(22)19-4-1-2-5-19/h3,10H,1-2,4-9H2. The van der Waals surface area contributed by atoms with E-state index in [9.17, 15) is 18.4 Å². The van der Waals surface area contributed by atoms with Crippen LogP contribution in [0.3, 0.4) is 0 Å². The average Bonchev–Trinajstić information content (AvgIpc) is 3.26. The van der Waals surface area contributed by atoms with Crippen LogP contribution in [0.5, 0.6) is 0 Å². The predicted octanol–water partition coefficient (Wildman–Crippen LogP) is 1.59. The SMILES string of the molecule is O=C(N1CCCC1)N1CCN(C(=O)C(F)(F)c2nccs2)CC1. The summed E-state index contributed by atoms with van der Waals surface area (Å²) in [5, 5.41) is 0.932. The molecule has 0 aliphatic carbocycles. The molecule has 0 aromatic carbocycles. The van der Waals surface area contributed by atoms with Gasteiger partial charge in [0.15, 0.2) is 5.01 Å². The van der Waals surface area contributed by atoms with E-state index in [1.54, 1.807) is 9.80 Å². The molecule has 126 valence electrons. The third kappa shape index (κ3) is 3.15. The van der Waals surface area contributed by atoms with Gasteiger partial charge in [0.25, 0.3) is 0 Å². The Morgan fingerprint density at radius 3 is 2.13 bits per heavy atom. The van der Waals surface area contributed by atoms with E-state index in [-0.39, 0.29) is 32.2 Å². The van der Waals surface area contributed by atoms with Gasteiger partial charge in [-0.15, -0.1) is 11.3 Å². The fourth-order valence-corrected chi connectivity index (χ4v) is 3.49. The second kappa shape index (κ2) is 6.38. The molecule has 0 atom stereocenters. The van der Waals surface area contributed by atoms with Crippen molar-refractivity contribution in [2.45, 2.75) is 18.8 Å². The van der Waals surface area contributed by atoms with E-state index in [2.05, 4.69) is 4.98 Å². The molecule has 3 amide bonds. The highest BCUT2D eigenvalue weighted by molar-refractivity contribution is 7.09. The molecule has 1 aromatic heterocycles. The third-order valence-electron chi connectivity index (χ3n) is 4.18. The Labute approximate surface area is 136 Å². The Balaban J connectivity index is 1.58. The lowest BCUT2D eigenvalue weighted by molar-refractivity contribution is -0.160. The van der Waals surface area contributed by atoms with Crippen molar-refractivity contribution >= 4 is 23.3 Å². The largest absolute Gasteiger partial charge is 0.375 e. The van der Waals surface area contributed by atoms with Gasteiger partial charge < -0.3 is 14.7 Å². The summed E-state index contributed by atoms with van der Waals surface area (Å²) in [5.41, 5.74) is 0. The predicted molar refractivity (Wildman–Crippen MR) is 80.4 cm³/mol. The summed E-state index contributed by atoms with van der Waals surface area (Å²) < 4.78 is 28.3. The van der Waals surface area contributed by atoms with Crippen LogP contribution in [0.4, 0.5) is 13.6 Å². The smallest absolute Gasteiger partial charge is 0.334 e. The van der Waals surface area contributed by atoms with Gasteiger partial charge in [-0.1, -0.05) is 0 Å². The number of hydrogen-bond acceptors (Lipinski definition) is 4. The van der Waals surface area contributed by atoms with Crippen LogP contribution in [0, 0.1) is 0 Å². The highest BCUT2D eigenvalue weighted by atomic mass is 32.1. The molecule has 1 aromatic rings. The molecule has 6 nitrogen and oxygen atoms in total. The molecule has 3 rings (SSSR count). The van der Waals surface area contributed by atoms with Gasteiger partial charge in [-0.05, 0) is 12.8 Å². The van der Waals surface area contributed by atoms with E-state index in [4.69, 9.17) is 0 Å². The third-order valence-corrected chi connectivity index (χ3v) is 5.03. The number of alkyl halides is 2. The first kappa shape index (κ1) is 16.1. The van der Waals surface area contributed by atoms with Crippen LogP contribution in [0.15, 0.2) is 11.6 Å². The van der Waals surface area contributed by atoms with Gasteiger partial charge in [0.1, 0.15) is 0 Å². The maximum absolute atomic E-state index is 14.1. The number of urea groups is 1. The van der Waals surface area contributed by atoms with Gasteiger partial charge in [-0.3, -0.25) is 4.79 Å². The molecule has 0 saturated carbocycles. The van der Waals surface area contributed by atoms with Crippen LogP contribution in [0.25, 0.3) is 0 Å². The number of thiazole rings is 1. The fraction of sp³-hybridized carbons (Fsp3) is 0.643. The number of rotatable bonds is 2. The molecule has 0 bridgehead atoms. The molecule has 0 N–H and O–H groups in total. The molecule has 3 heterocycles. The normalized spacial score (nSPS) is 19.3. The molecule has 9 heteroatoms. The minimum Gasteiger partial charge on any atom is -0.334 e. The van der Waals surface area contributed by atoms with Crippen LogP contribution in [-0.2, 0) is 10.7 Å². The van der Waals surface area contributed by atoms with E-state index in [0.717, 1.165) is 42.2 Å². The Kier molecular flexibility index (Phi) is 4.47. The number of amides is 3. The second-order valence-electron chi connectivity index (χ2n) is 5.67. The number of piperazine rings is 1. The van der Waals surface area contributed by atoms with Crippen molar-refractivity contribution in [2.75, 3.05) is 39.3 Å². The first-order valence-electron chi connectivity index (χ1n) is 7.61. The monoisotopic (exact) mass is 344 g/mol. The number of likely N-dealkylation sites (tertiary alicyclic amines) is 1. The molecule has 2 fully saturated rings. The molecule has 0 unspecified atom stereocenters. The quantitative estimate of drug-likeness (QED) is 0.819. The lowest BCUT2D eigenvalue weighted by Gasteiger charge is -2.37. The van der Waals surface area contributed by atoms with Gasteiger partial charge in [-0.25, -0.2) is 9.78 Å². The van der Waals surface area contributed by atoms with Crippen molar-refractivity contribution in [3.05, 3.63) is 16.6 Å². The van der Waals surface area contributed by atoms with Crippen molar-refractivity contribution in [3.8, 4) is 0 Å². The number of nitrogens with zero attached hydrogens (tertiary/aromatic N) is 4. The highest BCUT2D eigenvalue weighted by Crippen LogP contribution is 2.32. The molecule has 2 saturated heterocycles. The van der Waals surface area contributed by atoms with Crippen LogP contribution >= 0.6 is 11.3 Å². The Morgan fingerprint density at radius 1 is 1.00 bits per heavy atom. The molecule has 2 aliphatic rings. The summed E-state index contributed by atoms with van der Waals surface area (Å²) in [6.45, 7) is 2.32. The van der Waals surface area contributed by atoms with E-state index < -0.39 is 16.8 Å². The molecular weight excluding hydrogens is 326 g/mol. The Morgan fingerprint density at radius 2 is 1.57 bits per heavy atom. The first-order chi connectivity index (χ1) is 11.0. The number of carbonyl (C=O) groups excluding carboxylic acids is 2. The summed E-state index contributed by atoms with van der Waals surface area (Å²) in [7, 11) is 0. The first-order valence-corrected chi connectivity index (χ1v) is 8.49. The molecular formula is C14H18F2N4O2S. The average molecular weight is 344 g/mol. The summed E-state index contributed by atoms with van der Waals surface area (Å²) in [6, 6.07) is -0.0544.